The van der Waals surface area contributed by atoms with Gasteiger partial charge in [-0.15, -0.1) is 11.3 Å². The van der Waals surface area contributed by atoms with E-state index in [0.29, 0.717) is 24.6 Å². The zero-order valence-electron chi connectivity index (χ0n) is 16.1. The van der Waals surface area contributed by atoms with Gasteiger partial charge in [-0.2, -0.15) is 4.31 Å². The van der Waals surface area contributed by atoms with Crippen LogP contribution in [0.2, 0.25) is 0 Å². The van der Waals surface area contributed by atoms with Crippen LogP contribution >= 0.6 is 11.3 Å². The third kappa shape index (κ3) is 3.88. The summed E-state index contributed by atoms with van der Waals surface area (Å²) in [6.07, 6.45) is 5.57. The van der Waals surface area contributed by atoms with Crippen molar-refractivity contribution in [1.82, 2.24) is 9.21 Å². The Morgan fingerprint density at radius 2 is 2.04 bits per heavy atom. The predicted octanol–water partition coefficient (Wildman–Crippen LogP) is 3.76. The first-order valence-electron chi connectivity index (χ1n) is 9.86. The molecule has 0 N–H and O–H groups in total. The van der Waals surface area contributed by atoms with E-state index in [-0.39, 0.29) is 10.8 Å². The van der Waals surface area contributed by atoms with Crippen molar-refractivity contribution in [2.24, 2.45) is 5.92 Å². The number of sulfonamides is 1. The number of carbonyl (C=O) groups is 1. The van der Waals surface area contributed by atoms with Crippen LogP contribution < -0.4 is 0 Å². The molecular weight excluding hydrogens is 392 g/mol. The van der Waals surface area contributed by atoms with Crippen LogP contribution in [0.15, 0.2) is 40.6 Å². The number of fused-ring (bicyclic) bond motifs is 1. The highest BCUT2D eigenvalue weighted by Gasteiger charge is 2.29. The minimum Gasteiger partial charge on any atom is -0.341 e. The highest BCUT2D eigenvalue weighted by molar-refractivity contribution is 7.89. The maximum Gasteiger partial charge on any atom is 0.253 e. The van der Waals surface area contributed by atoms with E-state index >= 15 is 0 Å². The van der Waals surface area contributed by atoms with E-state index in [0.717, 1.165) is 18.5 Å². The Labute approximate surface area is 171 Å². The fourth-order valence-corrected chi connectivity index (χ4v) is 6.60. The fraction of sp³-hybridized carbons (Fsp3) is 0.476. The molecular formula is C21H26N2O3S2. The van der Waals surface area contributed by atoms with Crippen molar-refractivity contribution in [1.29, 1.82) is 0 Å². The van der Waals surface area contributed by atoms with Gasteiger partial charge in [0.05, 0.1) is 4.90 Å². The minimum atomic E-state index is -3.62. The van der Waals surface area contributed by atoms with E-state index < -0.39 is 10.0 Å². The maximum absolute atomic E-state index is 13.1. The van der Waals surface area contributed by atoms with Crippen molar-refractivity contribution in [3.05, 3.63) is 51.7 Å². The summed E-state index contributed by atoms with van der Waals surface area (Å²) in [4.78, 5) is 16.0. The first-order chi connectivity index (χ1) is 13.4. The molecule has 7 heteroatoms. The van der Waals surface area contributed by atoms with Crippen LogP contribution in [0.25, 0.3) is 0 Å². The average Bonchev–Trinajstić information content (AvgIpc) is 3.38. The number of amides is 1. The predicted molar refractivity (Wildman–Crippen MR) is 111 cm³/mol. The molecule has 1 aliphatic heterocycles. The summed E-state index contributed by atoms with van der Waals surface area (Å²) in [5.41, 5.74) is 1.53. The summed E-state index contributed by atoms with van der Waals surface area (Å²) in [5.74, 6) is 0.455. The number of thiophene rings is 1. The Hall–Kier alpha value is -1.70. The maximum atomic E-state index is 13.1. The lowest BCUT2D eigenvalue weighted by molar-refractivity contribution is 0.0773. The fourth-order valence-electron chi connectivity index (χ4n) is 4.25. The van der Waals surface area contributed by atoms with E-state index in [1.165, 1.54) is 40.9 Å². The molecule has 0 spiro atoms. The molecule has 2 aliphatic rings. The van der Waals surface area contributed by atoms with Gasteiger partial charge in [-0.3, -0.25) is 4.79 Å². The highest BCUT2D eigenvalue weighted by Crippen LogP contribution is 2.29. The third-order valence-electron chi connectivity index (χ3n) is 5.84. The second-order valence-electron chi connectivity index (χ2n) is 7.82. The molecule has 4 rings (SSSR count). The van der Waals surface area contributed by atoms with Crippen LogP contribution in [0.4, 0.5) is 0 Å². The summed E-state index contributed by atoms with van der Waals surface area (Å²) < 4.78 is 27.8. The smallest absolute Gasteiger partial charge is 0.253 e. The van der Waals surface area contributed by atoms with Crippen molar-refractivity contribution in [3.8, 4) is 0 Å². The topological polar surface area (TPSA) is 57.7 Å². The molecule has 1 fully saturated rings. The summed E-state index contributed by atoms with van der Waals surface area (Å²) in [5, 5.41) is 2.01. The summed E-state index contributed by atoms with van der Waals surface area (Å²) in [6, 6.07) is 8.50. The van der Waals surface area contributed by atoms with Crippen LogP contribution in [-0.2, 0) is 23.0 Å². The molecule has 2 aromatic rings. The normalized spacial score (nSPS) is 18.2. The van der Waals surface area contributed by atoms with E-state index in [2.05, 4.69) is 0 Å². The number of hydrogen-bond donors (Lipinski definition) is 0. The van der Waals surface area contributed by atoms with Gasteiger partial charge in [-0.25, -0.2) is 8.42 Å². The first kappa shape index (κ1) is 19.6. The zero-order chi connectivity index (χ0) is 19.7. The molecule has 1 aromatic carbocycles. The van der Waals surface area contributed by atoms with Crippen LogP contribution in [0, 0.1) is 5.92 Å². The number of nitrogens with zero attached hydrogens (tertiary/aromatic N) is 2. The molecule has 0 saturated heterocycles. The average molecular weight is 419 g/mol. The van der Waals surface area contributed by atoms with Gasteiger partial charge in [0.1, 0.15) is 0 Å². The molecule has 1 aliphatic carbocycles. The van der Waals surface area contributed by atoms with Gasteiger partial charge < -0.3 is 4.90 Å². The molecule has 0 atom stereocenters. The monoisotopic (exact) mass is 418 g/mol. The first-order valence-corrected chi connectivity index (χ1v) is 12.2. The Bertz CT molecular complexity index is 962. The van der Waals surface area contributed by atoms with Crippen molar-refractivity contribution in [3.63, 3.8) is 0 Å². The van der Waals surface area contributed by atoms with Gasteiger partial charge in [0, 0.05) is 37.1 Å². The van der Waals surface area contributed by atoms with E-state index in [1.54, 1.807) is 34.4 Å². The largest absolute Gasteiger partial charge is 0.341 e. The molecule has 2 heterocycles. The lowest BCUT2D eigenvalue weighted by atomic mass is 10.1. The van der Waals surface area contributed by atoms with Gasteiger partial charge in [0.15, 0.2) is 0 Å². The van der Waals surface area contributed by atoms with Crippen LogP contribution in [0.1, 0.15) is 46.5 Å². The lowest BCUT2D eigenvalue weighted by Gasteiger charge is -2.26. The number of rotatable bonds is 5. The highest BCUT2D eigenvalue weighted by atomic mass is 32.2. The molecule has 0 bridgehead atoms. The van der Waals surface area contributed by atoms with Crippen molar-refractivity contribution in [2.45, 2.75) is 43.5 Å². The second-order valence-corrected chi connectivity index (χ2v) is 10.8. The number of carbonyl (C=O) groups excluding carboxylic acids is 1. The zero-order valence-corrected chi connectivity index (χ0v) is 17.8. The molecule has 0 unspecified atom stereocenters. The number of hydrogen-bond acceptors (Lipinski definition) is 4. The van der Waals surface area contributed by atoms with Crippen molar-refractivity contribution >= 4 is 27.3 Å². The summed E-state index contributed by atoms with van der Waals surface area (Å²) >= 11 is 1.68. The molecule has 150 valence electrons. The van der Waals surface area contributed by atoms with Crippen LogP contribution in [0.3, 0.4) is 0 Å². The van der Waals surface area contributed by atoms with Crippen molar-refractivity contribution in [2.75, 3.05) is 20.1 Å². The Balaban J connectivity index is 1.52. The second kappa shape index (κ2) is 7.97. The molecule has 1 aromatic heterocycles. The minimum absolute atomic E-state index is 0.109. The summed E-state index contributed by atoms with van der Waals surface area (Å²) in [7, 11) is -1.81. The molecule has 1 amide bonds. The molecule has 1 saturated carbocycles. The quantitative estimate of drug-likeness (QED) is 0.743. The van der Waals surface area contributed by atoms with Crippen LogP contribution in [-0.4, -0.2) is 43.7 Å². The van der Waals surface area contributed by atoms with E-state index in [9.17, 15) is 13.2 Å². The molecule has 0 radical (unpaired) electrons. The molecule has 28 heavy (non-hydrogen) atoms. The Morgan fingerprint density at radius 3 is 2.82 bits per heavy atom. The van der Waals surface area contributed by atoms with Gasteiger partial charge in [-0.05, 0) is 60.4 Å². The van der Waals surface area contributed by atoms with Gasteiger partial charge in [0.2, 0.25) is 10.0 Å². The van der Waals surface area contributed by atoms with Crippen LogP contribution in [0.5, 0.6) is 0 Å². The standard InChI is InChI=1S/C21H26N2O3S2/c1-22(14-16-5-2-3-6-16)21(24)17-7-4-8-19(13-17)28(25,26)23-11-9-20-18(15-23)10-12-27-20/h4,7-8,10,12-13,16H,2-3,5-6,9,11,14-15H2,1H3. The van der Waals surface area contributed by atoms with E-state index in [1.807, 2.05) is 18.5 Å². The van der Waals surface area contributed by atoms with Gasteiger partial charge in [-0.1, -0.05) is 18.9 Å². The van der Waals surface area contributed by atoms with Gasteiger partial charge in [0.25, 0.3) is 5.91 Å². The third-order valence-corrected chi connectivity index (χ3v) is 8.71. The number of benzene rings is 1. The molecule has 5 nitrogen and oxygen atoms in total. The van der Waals surface area contributed by atoms with E-state index in [4.69, 9.17) is 0 Å². The van der Waals surface area contributed by atoms with Crippen molar-refractivity contribution < 1.29 is 13.2 Å². The lowest BCUT2D eigenvalue weighted by Crippen LogP contribution is -2.35. The Morgan fingerprint density at radius 1 is 1.25 bits per heavy atom. The summed E-state index contributed by atoms with van der Waals surface area (Å²) in [6.45, 7) is 1.62. The SMILES string of the molecule is CN(CC1CCCC1)C(=O)c1cccc(S(=O)(=O)N2CCc3sccc3C2)c1. The van der Waals surface area contributed by atoms with Gasteiger partial charge >= 0.3 is 0 Å². The Kier molecular flexibility index (Phi) is 5.58.